The Hall–Kier alpha value is 0.300. The summed E-state index contributed by atoms with van der Waals surface area (Å²) in [5.41, 5.74) is 0. The highest BCUT2D eigenvalue weighted by atomic mass is 33.1. The molecule has 0 spiro atoms. The van der Waals surface area contributed by atoms with Crippen LogP contribution < -0.4 is 0 Å². The molecule has 2 aliphatic rings. The zero-order valence-corrected chi connectivity index (χ0v) is 10.1. The molecule has 82 valence electrons. The summed E-state index contributed by atoms with van der Waals surface area (Å²) in [6.45, 7) is 0. The van der Waals surface area contributed by atoms with Crippen molar-refractivity contribution in [2.45, 2.75) is 61.9 Å². The minimum atomic E-state index is -2.83. The van der Waals surface area contributed by atoms with Gasteiger partial charge in [-0.2, -0.15) is 0 Å². The molecule has 4 heteroatoms. The molecule has 2 saturated carbocycles. The molecule has 0 radical (unpaired) electrons. The fourth-order valence-corrected chi connectivity index (χ4v) is 7.17. The Morgan fingerprint density at radius 2 is 1.36 bits per heavy atom. The molecule has 14 heavy (non-hydrogen) atoms. The first kappa shape index (κ1) is 10.8. The van der Waals surface area contributed by atoms with E-state index in [1.54, 1.807) is 0 Å². The Morgan fingerprint density at radius 3 is 1.93 bits per heavy atom. The second-order valence-electron chi connectivity index (χ2n) is 4.40. The Morgan fingerprint density at radius 1 is 0.857 bits per heavy atom. The van der Waals surface area contributed by atoms with E-state index < -0.39 is 8.87 Å². The zero-order chi connectivity index (χ0) is 10.0. The molecule has 0 N–H and O–H groups in total. The van der Waals surface area contributed by atoms with Crippen LogP contribution in [0.2, 0.25) is 0 Å². The van der Waals surface area contributed by atoms with Crippen LogP contribution in [0.15, 0.2) is 0 Å². The quantitative estimate of drug-likeness (QED) is 0.704. The van der Waals surface area contributed by atoms with Crippen molar-refractivity contribution in [3.63, 3.8) is 0 Å². The van der Waals surface area contributed by atoms with Crippen molar-refractivity contribution in [3.8, 4) is 0 Å². The fourth-order valence-electron chi connectivity index (χ4n) is 2.43. The van der Waals surface area contributed by atoms with Crippen molar-refractivity contribution in [1.29, 1.82) is 0 Å². The maximum absolute atomic E-state index is 12.0. The zero-order valence-electron chi connectivity index (χ0n) is 8.44. The van der Waals surface area contributed by atoms with Gasteiger partial charge in [0.2, 0.25) is 8.87 Å². The van der Waals surface area contributed by atoms with Crippen LogP contribution >= 0.6 is 10.8 Å². The maximum Gasteiger partial charge on any atom is 0.204 e. The summed E-state index contributed by atoms with van der Waals surface area (Å²) >= 11 is 0. The Labute approximate surface area is 90.2 Å². The molecular weight excluding hydrogens is 216 g/mol. The molecule has 0 saturated heterocycles. The van der Waals surface area contributed by atoms with Gasteiger partial charge in [0.05, 0.1) is 5.25 Å². The summed E-state index contributed by atoms with van der Waals surface area (Å²) in [6, 6.07) is 0. The Bertz CT molecular complexity index is 272. The lowest BCUT2D eigenvalue weighted by Crippen LogP contribution is -2.16. The normalized spacial score (nSPS) is 26.0. The average Bonchev–Trinajstić information content (AvgIpc) is 2.71. The van der Waals surface area contributed by atoms with Crippen molar-refractivity contribution in [1.82, 2.24) is 0 Å². The van der Waals surface area contributed by atoms with E-state index in [0.29, 0.717) is 5.25 Å². The molecule has 0 aromatic rings. The second kappa shape index (κ2) is 4.44. The van der Waals surface area contributed by atoms with Crippen LogP contribution in [0.4, 0.5) is 0 Å². The molecule has 0 aliphatic heterocycles. The van der Waals surface area contributed by atoms with E-state index in [0.717, 1.165) is 38.5 Å². The fraction of sp³-hybridized carbons (Fsp3) is 1.00. The molecule has 0 amide bonds. The summed E-state index contributed by atoms with van der Waals surface area (Å²) in [5, 5.41) is 0.383. The largest absolute Gasteiger partial charge is 0.217 e. The van der Waals surface area contributed by atoms with E-state index in [4.69, 9.17) is 0 Å². The summed E-state index contributed by atoms with van der Waals surface area (Å²) in [6.07, 6.45) is 8.68. The van der Waals surface area contributed by atoms with Crippen LogP contribution in [0.25, 0.3) is 0 Å². The number of hydrogen-bond acceptors (Lipinski definition) is 3. The predicted molar refractivity (Wildman–Crippen MR) is 61.0 cm³/mol. The molecule has 0 unspecified atom stereocenters. The van der Waals surface area contributed by atoms with Crippen LogP contribution in [-0.4, -0.2) is 18.9 Å². The molecule has 0 bridgehead atoms. The lowest BCUT2D eigenvalue weighted by atomic mass is 10.4. The van der Waals surface area contributed by atoms with Crippen molar-refractivity contribution in [2.75, 3.05) is 0 Å². The van der Waals surface area contributed by atoms with Gasteiger partial charge in [0.15, 0.2) is 0 Å². The second-order valence-corrected chi connectivity index (χ2v) is 8.88. The van der Waals surface area contributed by atoms with Crippen molar-refractivity contribution >= 4 is 19.7 Å². The third kappa shape index (κ3) is 2.45. The van der Waals surface area contributed by atoms with E-state index >= 15 is 0 Å². The van der Waals surface area contributed by atoms with Gasteiger partial charge in [-0.3, -0.25) is 0 Å². The van der Waals surface area contributed by atoms with Crippen LogP contribution in [0.5, 0.6) is 0 Å². The molecule has 2 fully saturated rings. The van der Waals surface area contributed by atoms with Crippen LogP contribution in [-0.2, 0) is 8.87 Å². The van der Waals surface area contributed by atoms with E-state index in [1.165, 1.54) is 23.6 Å². The molecule has 2 aliphatic carbocycles. The van der Waals surface area contributed by atoms with Gasteiger partial charge >= 0.3 is 0 Å². The Kier molecular flexibility index (Phi) is 3.42. The first-order valence-corrected chi connectivity index (χ1v) is 8.55. The van der Waals surface area contributed by atoms with Gasteiger partial charge in [0.1, 0.15) is 0 Å². The third-order valence-electron chi connectivity index (χ3n) is 3.28. The highest BCUT2D eigenvalue weighted by Crippen LogP contribution is 2.38. The molecule has 0 atom stereocenters. The Balaban J connectivity index is 1.93. The monoisotopic (exact) mass is 234 g/mol. The van der Waals surface area contributed by atoms with Crippen molar-refractivity contribution < 1.29 is 8.42 Å². The summed E-state index contributed by atoms with van der Waals surface area (Å²) in [7, 11) is -1.55. The highest BCUT2D eigenvalue weighted by molar-refractivity contribution is 8.72. The standard InChI is InChI=1S/C10H18O2S2/c11-14(12,10-7-3-4-8-10)13-9-5-1-2-6-9/h9-10H,1-8H2. The van der Waals surface area contributed by atoms with Gasteiger partial charge in [-0.15, -0.1) is 0 Å². The highest BCUT2D eigenvalue weighted by Gasteiger charge is 2.32. The molecule has 0 aromatic heterocycles. The van der Waals surface area contributed by atoms with E-state index in [9.17, 15) is 8.42 Å². The minimum Gasteiger partial charge on any atom is -0.217 e. The van der Waals surface area contributed by atoms with Crippen LogP contribution in [0, 0.1) is 0 Å². The van der Waals surface area contributed by atoms with E-state index in [-0.39, 0.29) is 5.25 Å². The summed E-state index contributed by atoms with van der Waals surface area (Å²) in [5.74, 6) is 0. The molecule has 0 aromatic carbocycles. The first-order chi connectivity index (χ1) is 6.68. The van der Waals surface area contributed by atoms with E-state index in [2.05, 4.69) is 0 Å². The number of rotatable bonds is 3. The van der Waals surface area contributed by atoms with Crippen LogP contribution in [0.3, 0.4) is 0 Å². The molecule has 2 nitrogen and oxygen atoms in total. The minimum absolute atomic E-state index is 0.0203. The topological polar surface area (TPSA) is 34.1 Å². The maximum atomic E-state index is 12.0. The molecular formula is C10H18O2S2. The van der Waals surface area contributed by atoms with Crippen molar-refractivity contribution in [3.05, 3.63) is 0 Å². The predicted octanol–water partition coefficient (Wildman–Crippen LogP) is 2.93. The lowest BCUT2D eigenvalue weighted by molar-refractivity contribution is 0.595. The lowest BCUT2D eigenvalue weighted by Gasteiger charge is -2.13. The van der Waals surface area contributed by atoms with Gasteiger partial charge in [-0.25, -0.2) is 8.42 Å². The van der Waals surface area contributed by atoms with Gasteiger partial charge in [0.25, 0.3) is 0 Å². The molecule has 2 rings (SSSR count). The molecule has 0 heterocycles. The average molecular weight is 234 g/mol. The summed E-state index contributed by atoms with van der Waals surface area (Å²) in [4.78, 5) is 0. The van der Waals surface area contributed by atoms with Gasteiger partial charge in [0, 0.05) is 5.25 Å². The van der Waals surface area contributed by atoms with Gasteiger partial charge in [-0.1, -0.05) is 25.7 Å². The van der Waals surface area contributed by atoms with Crippen LogP contribution in [0.1, 0.15) is 51.4 Å². The first-order valence-electron chi connectivity index (χ1n) is 5.60. The van der Waals surface area contributed by atoms with Gasteiger partial charge < -0.3 is 0 Å². The number of hydrogen-bond donors (Lipinski definition) is 0. The smallest absolute Gasteiger partial charge is 0.204 e. The van der Waals surface area contributed by atoms with Gasteiger partial charge in [-0.05, 0) is 36.5 Å². The van der Waals surface area contributed by atoms with Crippen molar-refractivity contribution in [2.24, 2.45) is 0 Å². The third-order valence-corrected chi connectivity index (χ3v) is 8.02. The van der Waals surface area contributed by atoms with E-state index in [1.807, 2.05) is 0 Å². The summed E-state index contributed by atoms with van der Waals surface area (Å²) < 4.78 is 23.9. The SMILES string of the molecule is O=S(=O)(SC1CCCC1)C1CCCC1.